The molecule has 174 valence electrons. The van der Waals surface area contributed by atoms with Gasteiger partial charge in [-0.3, -0.25) is 10.1 Å². The van der Waals surface area contributed by atoms with Crippen molar-refractivity contribution in [3.05, 3.63) is 89.3 Å². The van der Waals surface area contributed by atoms with Gasteiger partial charge in [-0.05, 0) is 68.3 Å². The number of hydrogen-bond donors (Lipinski definition) is 0. The molecular weight excluding hydrogens is 612 g/mol. The summed E-state index contributed by atoms with van der Waals surface area (Å²) >= 11 is 12.2. The lowest BCUT2D eigenvalue weighted by molar-refractivity contribution is -0.385. The molecule has 0 fully saturated rings. The standard InChI is InChI=1S/C21H8Br2ClF3N2O5/c22-14-5-10(9-28)6-15(23)19(14)34-20(30)13-8-12(2-3-17(13)29(31)32)33-18-4-1-11(7-16(18)24)21(25,26)27/h1-8H. The second-order valence-corrected chi connectivity index (χ2v) is 8.57. The summed E-state index contributed by atoms with van der Waals surface area (Å²) in [5.74, 6) is -1.44. The first kappa shape index (κ1) is 25.5. The quantitative estimate of drug-likeness (QED) is 0.126. The van der Waals surface area contributed by atoms with Crippen molar-refractivity contribution in [2.24, 2.45) is 0 Å². The highest BCUT2D eigenvalue weighted by atomic mass is 79.9. The van der Waals surface area contributed by atoms with Crippen molar-refractivity contribution in [3.63, 3.8) is 0 Å². The molecule has 0 saturated heterocycles. The van der Waals surface area contributed by atoms with Gasteiger partial charge in [0.15, 0.2) is 5.75 Å². The summed E-state index contributed by atoms with van der Waals surface area (Å²) in [5, 5.41) is 20.1. The summed E-state index contributed by atoms with van der Waals surface area (Å²) in [4.78, 5) is 23.4. The molecule has 0 N–H and O–H groups in total. The number of nitriles is 1. The van der Waals surface area contributed by atoms with Crippen molar-refractivity contribution in [1.29, 1.82) is 5.26 Å². The van der Waals surface area contributed by atoms with Crippen LogP contribution in [0.5, 0.6) is 17.2 Å². The third kappa shape index (κ3) is 5.67. The van der Waals surface area contributed by atoms with Crippen LogP contribution in [0.3, 0.4) is 0 Å². The van der Waals surface area contributed by atoms with Crippen LogP contribution < -0.4 is 9.47 Å². The van der Waals surface area contributed by atoms with E-state index in [1.54, 1.807) is 0 Å². The molecule has 34 heavy (non-hydrogen) atoms. The molecule has 0 bridgehead atoms. The van der Waals surface area contributed by atoms with Crippen LogP contribution >= 0.6 is 43.5 Å². The molecule has 0 aliphatic rings. The zero-order valence-corrected chi connectivity index (χ0v) is 20.3. The number of carbonyl (C=O) groups is 1. The molecular formula is C21H8Br2ClF3N2O5. The van der Waals surface area contributed by atoms with Gasteiger partial charge in [-0.2, -0.15) is 18.4 Å². The fourth-order valence-corrected chi connectivity index (χ4v) is 4.23. The SMILES string of the molecule is N#Cc1cc(Br)c(OC(=O)c2cc(Oc3ccc(C(F)(F)F)cc3Cl)ccc2[N+](=O)[O-])c(Br)c1. The highest BCUT2D eigenvalue weighted by molar-refractivity contribution is 9.11. The van der Waals surface area contributed by atoms with Crippen LogP contribution in [-0.4, -0.2) is 10.9 Å². The number of halogens is 6. The fourth-order valence-electron chi connectivity index (χ4n) is 2.66. The lowest BCUT2D eigenvalue weighted by Gasteiger charge is -2.12. The van der Waals surface area contributed by atoms with Crippen molar-refractivity contribution in [1.82, 2.24) is 0 Å². The molecule has 0 saturated carbocycles. The van der Waals surface area contributed by atoms with E-state index < -0.39 is 33.9 Å². The Morgan fingerprint density at radius 1 is 1.09 bits per heavy atom. The maximum Gasteiger partial charge on any atom is 0.416 e. The minimum atomic E-state index is -4.61. The van der Waals surface area contributed by atoms with Gasteiger partial charge in [0.25, 0.3) is 5.69 Å². The van der Waals surface area contributed by atoms with Crippen LogP contribution in [0.15, 0.2) is 57.5 Å². The summed E-state index contributed by atoms with van der Waals surface area (Å²) in [6.45, 7) is 0. The third-order valence-corrected chi connectivity index (χ3v) is 5.67. The van der Waals surface area contributed by atoms with Crippen LogP contribution in [0.4, 0.5) is 18.9 Å². The van der Waals surface area contributed by atoms with Gasteiger partial charge < -0.3 is 9.47 Å². The lowest BCUT2D eigenvalue weighted by Crippen LogP contribution is -2.12. The topological polar surface area (TPSA) is 102 Å². The highest BCUT2D eigenvalue weighted by Gasteiger charge is 2.31. The van der Waals surface area contributed by atoms with E-state index >= 15 is 0 Å². The summed E-state index contributed by atoms with van der Waals surface area (Å²) < 4.78 is 49.7. The Labute approximate surface area is 211 Å². The molecule has 0 aliphatic carbocycles. The first-order chi connectivity index (χ1) is 15.9. The van der Waals surface area contributed by atoms with Gasteiger partial charge >= 0.3 is 12.1 Å². The lowest BCUT2D eigenvalue weighted by atomic mass is 10.1. The van der Waals surface area contributed by atoms with E-state index in [4.69, 9.17) is 26.3 Å². The zero-order chi connectivity index (χ0) is 25.2. The molecule has 0 radical (unpaired) electrons. The Hall–Kier alpha value is -3.14. The monoisotopic (exact) mass is 618 g/mol. The Morgan fingerprint density at radius 3 is 2.26 bits per heavy atom. The van der Waals surface area contributed by atoms with Gasteiger partial charge in [0.1, 0.15) is 17.1 Å². The number of nitro groups is 1. The number of ether oxygens (including phenoxy) is 2. The Balaban J connectivity index is 1.95. The molecule has 0 unspecified atom stereocenters. The third-order valence-electron chi connectivity index (χ3n) is 4.19. The molecule has 3 rings (SSSR count). The van der Waals surface area contributed by atoms with Crippen LogP contribution in [0.1, 0.15) is 21.5 Å². The first-order valence-corrected chi connectivity index (χ1v) is 10.8. The predicted octanol–water partition coefficient (Wildman–Crippen LogP) is 7.68. The highest BCUT2D eigenvalue weighted by Crippen LogP contribution is 2.38. The van der Waals surface area contributed by atoms with Crippen molar-refractivity contribution in [3.8, 4) is 23.3 Å². The molecule has 0 aromatic heterocycles. The second kappa shape index (κ2) is 10.0. The summed E-state index contributed by atoms with van der Waals surface area (Å²) in [7, 11) is 0. The van der Waals surface area contributed by atoms with Gasteiger partial charge in [-0.25, -0.2) is 4.79 Å². The second-order valence-electron chi connectivity index (χ2n) is 6.45. The van der Waals surface area contributed by atoms with Crippen molar-refractivity contribution >= 4 is 55.1 Å². The van der Waals surface area contributed by atoms with Crippen LogP contribution in [-0.2, 0) is 6.18 Å². The summed E-state index contributed by atoms with van der Waals surface area (Å²) in [6.07, 6.45) is -4.61. The van der Waals surface area contributed by atoms with E-state index in [1.165, 1.54) is 12.1 Å². The van der Waals surface area contributed by atoms with Gasteiger partial charge in [0.05, 0.1) is 36.1 Å². The molecule has 0 aliphatic heterocycles. The number of nitro benzene ring substituents is 1. The molecule has 0 amide bonds. The largest absolute Gasteiger partial charge is 0.456 e. The average molecular weight is 621 g/mol. The first-order valence-electron chi connectivity index (χ1n) is 8.85. The zero-order valence-electron chi connectivity index (χ0n) is 16.3. The van der Waals surface area contributed by atoms with Gasteiger partial charge in [-0.1, -0.05) is 11.6 Å². The van der Waals surface area contributed by atoms with Crippen LogP contribution in [0, 0.1) is 21.4 Å². The van der Waals surface area contributed by atoms with Crippen molar-refractivity contribution in [2.45, 2.75) is 6.18 Å². The molecule has 3 aromatic carbocycles. The Kier molecular flexibility index (Phi) is 7.50. The Bertz CT molecular complexity index is 1340. The molecule has 0 spiro atoms. The van der Waals surface area contributed by atoms with E-state index in [9.17, 15) is 28.1 Å². The number of esters is 1. The maximum atomic E-state index is 12.8. The van der Waals surface area contributed by atoms with Gasteiger partial charge in [0, 0.05) is 12.1 Å². The fraction of sp³-hybridized carbons (Fsp3) is 0.0476. The van der Waals surface area contributed by atoms with E-state index in [0.29, 0.717) is 6.07 Å². The number of benzene rings is 3. The van der Waals surface area contributed by atoms with E-state index in [0.717, 1.165) is 30.3 Å². The average Bonchev–Trinajstić information content (AvgIpc) is 2.76. The normalized spacial score (nSPS) is 11.0. The summed E-state index contributed by atoms with van der Waals surface area (Å²) in [5.41, 5.74) is -1.82. The minimum Gasteiger partial charge on any atom is -0.456 e. The van der Waals surface area contributed by atoms with Gasteiger partial charge in [0.2, 0.25) is 0 Å². The predicted molar refractivity (Wildman–Crippen MR) is 121 cm³/mol. The number of nitrogens with zero attached hydrogens (tertiary/aromatic N) is 2. The van der Waals surface area contributed by atoms with E-state index in [2.05, 4.69) is 31.9 Å². The molecule has 3 aromatic rings. The number of alkyl halides is 3. The number of hydrogen-bond acceptors (Lipinski definition) is 6. The van der Waals surface area contributed by atoms with Crippen molar-refractivity contribution in [2.75, 3.05) is 0 Å². The summed E-state index contributed by atoms with van der Waals surface area (Å²) in [6, 6.07) is 10.2. The molecule has 0 heterocycles. The van der Waals surface area contributed by atoms with E-state index in [-0.39, 0.29) is 36.8 Å². The van der Waals surface area contributed by atoms with Crippen LogP contribution in [0.25, 0.3) is 0 Å². The van der Waals surface area contributed by atoms with Crippen LogP contribution in [0.2, 0.25) is 5.02 Å². The number of rotatable bonds is 5. The van der Waals surface area contributed by atoms with Gasteiger partial charge in [-0.15, -0.1) is 0 Å². The minimum absolute atomic E-state index is 0.0320. The molecule has 13 heteroatoms. The Morgan fingerprint density at radius 2 is 1.74 bits per heavy atom. The van der Waals surface area contributed by atoms with E-state index in [1.807, 2.05) is 6.07 Å². The molecule has 7 nitrogen and oxygen atoms in total. The maximum absolute atomic E-state index is 12.8. The number of carbonyl (C=O) groups excluding carboxylic acids is 1. The smallest absolute Gasteiger partial charge is 0.416 e. The van der Waals surface area contributed by atoms with Crippen molar-refractivity contribution < 1.29 is 32.4 Å². The molecule has 0 atom stereocenters.